The first-order chi connectivity index (χ1) is 13.1. The first-order valence-electron chi connectivity index (χ1n) is 11.0. The molecule has 0 bridgehead atoms. The average Bonchev–Trinajstić information content (AvgIpc) is 3.03. The maximum Gasteiger partial charge on any atom is 0.485 e. The van der Waals surface area contributed by atoms with Gasteiger partial charge in [0.2, 0.25) is 0 Å². The van der Waals surface area contributed by atoms with Crippen LogP contribution < -0.4 is 4.90 Å². The van der Waals surface area contributed by atoms with Crippen molar-refractivity contribution in [3.05, 3.63) is 0 Å². The Morgan fingerprint density at radius 2 is 1.36 bits per heavy atom. The van der Waals surface area contributed by atoms with E-state index in [0.29, 0.717) is 0 Å². The van der Waals surface area contributed by atoms with Crippen LogP contribution in [0.3, 0.4) is 0 Å². The van der Waals surface area contributed by atoms with Gasteiger partial charge in [-0.15, -0.1) is 0 Å². The summed E-state index contributed by atoms with van der Waals surface area (Å²) in [4.78, 5) is 1.94. The maximum atomic E-state index is 10.7. The van der Waals surface area contributed by atoms with Gasteiger partial charge in [-0.1, -0.05) is 71.6 Å². The summed E-state index contributed by atoms with van der Waals surface area (Å²) >= 11 is 0. The van der Waals surface area contributed by atoms with Crippen LogP contribution in [0, 0.1) is 0 Å². The summed E-state index contributed by atoms with van der Waals surface area (Å²) in [5, 5.41) is 0. The minimum atomic E-state index is -6.09. The van der Waals surface area contributed by atoms with Crippen molar-refractivity contribution in [2.24, 2.45) is 0 Å². The molecular weight excluding hydrogens is 391 g/mol. The molecule has 170 valence electrons. The van der Waals surface area contributed by atoms with Crippen LogP contribution in [0.4, 0.5) is 13.2 Å². The lowest BCUT2D eigenvalue weighted by molar-refractivity contribution is -0.912. The Morgan fingerprint density at radius 3 is 1.79 bits per heavy atom. The van der Waals surface area contributed by atoms with Crippen LogP contribution in [0.15, 0.2) is 0 Å². The third kappa shape index (κ3) is 13.8. The molecule has 0 saturated carbocycles. The zero-order valence-corrected chi connectivity index (χ0v) is 18.5. The van der Waals surface area contributed by atoms with E-state index < -0.39 is 15.6 Å². The molecule has 0 aliphatic carbocycles. The molecule has 1 saturated heterocycles. The van der Waals surface area contributed by atoms with Crippen LogP contribution in [-0.2, 0) is 10.1 Å². The highest BCUT2D eigenvalue weighted by atomic mass is 32.2. The molecule has 0 aromatic heterocycles. The van der Waals surface area contributed by atoms with Gasteiger partial charge < -0.3 is 9.45 Å². The van der Waals surface area contributed by atoms with Crippen molar-refractivity contribution < 1.29 is 31.0 Å². The van der Waals surface area contributed by atoms with E-state index in [1.54, 1.807) is 0 Å². The zero-order chi connectivity index (χ0) is 21.5. The second-order valence-electron chi connectivity index (χ2n) is 7.87. The number of halogens is 3. The van der Waals surface area contributed by atoms with Crippen LogP contribution in [0.1, 0.15) is 104 Å². The fourth-order valence-corrected chi connectivity index (χ4v) is 3.85. The molecule has 0 radical (unpaired) electrons. The minimum absolute atomic E-state index is 1.01. The van der Waals surface area contributed by atoms with Crippen molar-refractivity contribution >= 4 is 10.1 Å². The molecule has 8 heteroatoms. The van der Waals surface area contributed by atoms with Crippen molar-refractivity contribution in [3.8, 4) is 0 Å². The molecule has 2 unspecified atom stereocenters. The first kappa shape index (κ1) is 27.7. The highest BCUT2D eigenvalue weighted by Gasteiger charge is 2.36. The van der Waals surface area contributed by atoms with Crippen LogP contribution in [0.25, 0.3) is 0 Å². The van der Waals surface area contributed by atoms with Gasteiger partial charge in [0.25, 0.3) is 0 Å². The molecule has 0 aromatic carbocycles. The molecule has 0 amide bonds. The fraction of sp³-hybridized carbons (Fsp3) is 1.00. The van der Waals surface area contributed by atoms with Gasteiger partial charge in [-0.05, 0) is 19.3 Å². The van der Waals surface area contributed by atoms with Gasteiger partial charge in [0.05, 0.1) is 19.1 Å². The lowest BCUT2D eigenvalue weighted by atomic mass is 10.1. The Balaban J connectivity index is 0.000000769. The highest BCUT2D eigenvalue weighted by Crippen LogP contribution is 2.20. The quantitative estimate of drug-likeness (QED) is 0.259. The number of quaternary nitrogens is 1. The summed E-state index contributed by atoms with van der Waals surface area (Å²) in [7, 11) is -6.09. The van der Waals surface area contributed by atoms with Crippen molar-refractivity contribution in [3.63, 3.8) is 0 Å². The van der Waals surface area contributed by atoms with E-state index >= 15 is 0 Å². The maximum absolute atomic E-state index is 10.7. The Kier molecular flexibility index (Phi) is 15.3. The molecule has 1 fully saturated rings. The first-order valence-corrected chi connectivity index (χ1v) is 12.4. The Labute approximate surface area is 170 Å². The monoisotopic (exact) mass is 431 g/mol. The molecule has 2 atom stereocenters. The topological polar surface area (TPSA) is 61.6 Å². The molecule has 1 N–H and O–H groups in total. The average molecular weight is 432 g/mol. The summed E-state index contributed by atoms with van der Waals surface area (Å²) in [6, 6.07) is 1.01. The summed E-state index contributed by atoms with van der Waals surface area (Å²) in [6.45, 7) is 7.56. The third-order valence-corrected chi connectivity index (χ3v) is 5.97. The Hall–Kier alpha value is -0.340. The number of alkyl halides is 3. The zero-order valence-electron chi connectivity index (χ0n) is 17.7. The number of unbranched alkanes of at least 4 members (excludes halogenated alkanes) is 9. The third-order valence-electron chi connectivity index (χ3n) is 5.40. The smallest absolute Gasteiger partial charge is 0.485 e. The highest BCUT2D eigenvalue weighted by molar-refractivity contribution is 7.86. The number of rotatable bonds is 13. The predicted molar refractivity (Wildman–Crippen MR) is 106 cm³/mol. The van der Waals surface area contributed by atoms with Crippen molar-refractivity contribution in [2.75, 3.05) is 13.1 Å². The molecule has 1 rings (SSSR count). The van der Waals surface area contributed by atoms with E-state index in [1.165, 1.54) is 103 Å². The molecule has 1 aliphatic rings. The lowest BCUT2D eigenvalue weighted by Crippen LogP contribution is -3.13. The van der Waals surface area contributed by atoms with Gasteiger partial charge in [0.15, 0.2) is 10.1 Å². The normalized spacial score (nSPS) is 20.1. The van der Waals surface area contributed by atoms with Gasteiger partial charge in [0.1, 0.15) is 0 Å². The Bertz CT molecular complexity index is 470. The van der Waals surface area contributed by atoms with E-state index in [1.807, 2.05) is 4.90 Å². The molecule has 28 heavy (non-hydrogen) atoms. The number of hydrogen-bond acceptors (Lipinski definition) is 3. The fourth-order valence-electron chi connectivity index (χ4n) is 3.85. The molecule has 0 aromatic rings. The van der Waals surface area contributed by atoms with Crippen molar-refractivity contribution in [1.82, 2.24) is 0 Å². The van der Waals surface area contributed by atoms with Crippen molar-refractivity contribution in [1.29, 1.82) is 0 Å². The van der Waals surface area contributed by atoms with E-state index in [9.17, 15) is 13.2 Å². The van der Waals surface area contributed by atoms with Gasteiger partial charge in [-0.2, -0.15) is 13.2 Å². The molecule has 1 aliphatic heterocycles. The predicted octanol–water partition coefficient (Wildman–Crippen LogP) is 4.81. The summed E-state index contributed by atoms with van der Waals surface area (Å²) in [6.07, 6.45) is 20.5. The van der Waals surface area contributed by atoms with Crippen LogP contribution >= 0.6 is 0 Å². The minimum Gasteiger partial charge on any atom is -0.741 e. The molecular formula is C20H40F3NO3S. The van der Waals surface area contributed by atoms with Gasteiger partial charge in [-0.25, -0.2) is 8.42 Å². The second kappa shape index (κ2) is 15.5. The number of likely N-dealkylation sites (tertiary alicyclic amines) is 1. The van der Waals surface area contributed by atoms with E-state index in [-0.39, 0.29) is 0 Å². The van der Waals surface area contributed by atoms with Crippen LogP contribution in [-0.4, -0.2) is 37.6 Å². The van der Waals surface area contributed by atoms with Gasteiger partial charge in [0, 0.05) is 12.8 Å². The summed E-state index contributed by atoms with van der Waals surface area (Å²) < 4.78 is 58.9. The summed E-state index contributed by atoms with van der Waals surface area (Å²) in [5.41, 5.74) is -5.65. The van der Waals surface area contributed by atoms with E-state index in [0.717, 1.165) is 6.04 Å². The molecule has 4 nitrogen and oxygen atoms in total. The molecule has 0 spiro atoms. The summed E-state index contributed by atoms with van der Waals surface area (Å²) in [5.74, 6) is 0. The van der Waals surface area contributed by atoms with E-state index in [2.05, 4.69) is 13.8 Å². The second-order valence-corrected chi connectivity index (χ2v) is 9.24. The van der Waals surface area contributed by atoms with E-state index in [4.69, 9.17) is 13.0 Å². The van der Waals surface area contributed by atoms with Crippen molar-refractivity contribution in [2.45, 2.75) is 115 Å². The number of nitrogens with one attached hydrogen (secondary N) is 1. The van der Waals surface area contributed by atoms with Gasteiger partial charge >= 0.3 is 5.51 Å². The largest absolute Gasteiger partial charge is 0.741 e. The number of hydrogen-bond donors (Lipinski definition) is 1. The van der Waals surface area contributed by atoms with Crippen LogP contribution in [0.2, 0.25) is 0 Å². The van der Waals surface area contributed by atoms with Gasteiger partial charge in [-0.3, -0.25) is 0 Å². The Morgan fingerprint density at radius 1 is 0.893 bits per heavy atom. The molecule has 1 heterocycles. The lowest BCUT2D eigenvalue weighted by Gasteiger charge is -2.21. The SMILES string of the molecule is CCCCCCCCCCCC[NH+]1CCCC1CCC.O=S(=O)([O-])C(F)(F)F. The van der Waals surface area contributed by atoms with Crippen LogP contribution in [0.5, 0.6) is 0 Å². The standard InChI is InChI=1S/C19H39N.CHF3O3S/c1-3-5-6-7-8-9-10-11-12-13-17-20-18-14-16-19(20)15-4-2;2-1(3,4)8(5,6)7/h19H,3-18H2,1-2H3;(H,5,6,7).